The monoisotopic (exact) mass is 366 g/mol. The molecule has 2 aromatic rings. The Labute approximate surface area is 158 Å². The predicted octanol–water partition coefficient (Wildman–Crippen LogP) is 3.71. The number of amides is 1. The molecule has 1 aliphatic heterocycles. The normalized spacial score (nSPS) is 15.8. The number of halogens is 1. The summed E-state index contributed by atoms with van der Waals surface area (Å²) in [7, 11) is 7.49. The second-order valence-corrected chi connectivity index (χ2v) is 6.50. The van der Waals surface area contributed by atoms with E-state index in [1.165, 1.54) is 13.2 Å². The molecule has 26 heavy (non-hydrogen) atoms. The standard InChI is InChI=1S/C19H16BClN2O3/c1-11-3-5-14-16(23(11)19(24)25-2)7-6-15(20)18(14)26-17-8-4-13(21)9-12(17)10-22/h4,6-9,11H,3,5H2,1-2H3/t11-/m0/s1. The topological polar surface area (TPSA) is 62.6 Å². The minimum atomic E-state index is -0.432. The number of carbonyl (C=O) groups is 1. The van der Waals surface area contributed by atoms with Gasteiger partial charge in [-0.2, -0.15) is 5.26 Å². The Balaban J connectivity index is 2.09. The van der Waals surface area contributed by atoms with E-state index >= 15 is 0 Å². The molecule has 1 amide bonds. The molecule has 130 valence electrons. The van der Waals surface area contributed by atoms with Gasteiger partial charge in [-0.3, -0.25) is 4.90 Å². The van der Waals surface area contributed by atoms with Crippen LogP contribution in [0.5, 0.6) is 11.5 Å². The van der Waals surface area contributed by atoms with Gasteiger partial charge < -0.3 is 9.47 Å². The number of ether oxygens (including phenoxy) is 2. The van der Waals surface area contributed by atoms with Crippen molar-refractivity contribution in [2.75, 3.05) is 12.0 Å². The average Bonchev–Trinajstić information content (AvgIpc) is 2.64. The maximum Gasteiger partial charge on any atom is 0.414 e. The number of rotatable bonds is 2. The van der Waals surface area contributed by atoms with Crippen LogP contribution in [-0.2, 0) is 11.2 Å². The first-order valence-corrected chi connectivity index (χ1v) is 8.50. The van der Waals surface area contributed by atoms with Gasteiger partial charge in [0, 0.05) is 16.6 Å². The van der Waals surface area contributed by atoms with E-state index in [-0.39, 0.29) is 6.04 Å². The lowest BCUT2D eigenvalue weighted by Gasteiger charge is -2.35. The Bertz CT molecular complexity index is 910. The summed E-state index contributed by atoms with van der Waals surface area (Å²) in [6, 6.07) is 10.3. The molecule has 5 nitrogen and oxygen atoms in total. The summed E-state index contributed by atoms with van der Waals surface area (Å²) in [6.07, 6.45) is 1.01. The van der Waals surface area contributed by atoms with Crippen LogP contribution in [0.15, 0.2) is 30.3 Å². The Morgan fingerprint density at radius 1 is 1.38 bits per heavy atom. The van der Waals surface area contributed by atoms with Crippen molar-refractivity contribution in [3.8, 4) is 17.6 Å². The number of hydrogen-bond acceptors (Lipinski definition) is 4. The number of nitrogens with zero attached hydrogens (tertiary/aromatic N) is 2. The minimum Gasteiger partial charge on any atom is -0.456 e. The zero-order chi connectivity index (χ0) is 18.8. The molecular formula is C19H16BClN2O3. The first kappa shape index (κ1) is 18.2. The molecular weight excluding hydrogens is 350 g/mol. The highest BCUT2D eigenvalue weighted by atomic mass is 35.5. The number of fused-ring (bicyclic) bond motifs is 1. The third-order valence-electron chi connectivity index (χ3n) is 4.42. The van der Waals surface area contributed by atoms with Gasteiger partial charge in [0.05, 0.1) is 18.4 Å². The van der Waals surface area contributed by atoms with Crippen LogP contribution in [0, 0.1) is 11.3 Å². The molecule has 0 fully saturated rings. The quantitative estimate of drug-likeness (QED) is 0.760. The summed E-state index contributed by atoms with van der Waals surface area (Å²) in [5, 5.41) is 9.77. The molecule has 1 atom stereocenters. The summed E-state index contributed by atoms with van der Waals surface area (Å²) in [6.45, 7) is 1.96. The highest BCUT2D eigenvalue weighted by Crippen LogP contribution is 2.38. The number of nitriles is 1. The molecule has 3 rings (SSSR count). The van der Waals surface area contributed by atoms with Crippen molar-refractivity contribution < 1.29 is 14.3 Å². The van der Waals surface area contributed by atoms with E-state index in [0.717, 1.165) is 12.0 Å². The van der Waals surface area contributed by atoms with Crippen LogP contribution >= 0.6 is 11.6 Å². The van der Waals surface area contributed by atoms with Crippen LogP contribution in [0.4, 0.5) is 10.5 Å². The lowest BCUT2D eigenvalue weighted by Crippen LogP contribution is -2.42. The van der Waals surface area contributed by atoms with E-state index in [1.807, 2.05) is 6.92 Å². The van der Waals surface area contributed by atoms with Crippen LogP contribution in [0.2, 0.25) is 5.02 Å². The summed E-state index contributed by atoms with van der Waals surface area (Å²) in [4.78, 5) is 13.8. The third-order valence-corrected chi connectivity index (χ3v) is 4.66. The van der Waals surface area contributed by atoms with E-state index in [1.54, 1.807) is 29.2 Å². The molecule has 0 spiro atoms. The van der Waals surface area contributed by atoms with Gasteiger partial charge in [0.25, 0.3) is 0 Å². The van der Waals surface area contributed by atoms with Crippen LogP contribution < -0.4 is 15.1 Å². The van der Waals surface area contributed by atoms with Crippen molar-refractivity contribution in [1.29, 1.82) is 5.26 Å². The van der Waals surface area contributed by atoms with E-state index in [9.17, 15) is 10.1 Å². The largest absolute Gasteiger partial charge is 0.456 e. The van der Waals surface area contributed by atoms with Crippen molar-refractivity contribution in [1.82, 2.24) is 0 Å². The van der Waals surface area contributed by atoms with Crippen molar-refractivity contribution in [2.45, 2.75) is 25.8 Å². The average molecular weight is 367 g/mol. The molecule has 0 saturated carbocycles. The highest BCUT2D eigenvalue weighted by molar-refractivity contribution is 6.34. The number of benzene rings is 2. The van der Waals surface area contributed by atoms with Crippen LogP contribution in [0.1, 0.15) is 24.5 Å². The second-order valence-electron chi connectivity index (χ2n) is 6.06. The number of hydrogen-bond donors (Lipinski definition) is 0. The second kappa shape index (κ2) is 7.31. The first-order valence-electron chi connectivity index (χ1n) is 8.12. The van der Waals surface area contributed by atoms with Crippen molar-refractivity contribution in [3.05, 3.63) is 46.5 Å². The summed E-state index contributed by atoms with van der Waals surface area (Å²) < 4.78 is 10.9. The SMILES string of the molecule is [B]c1ccc2c(c1Oc1ccc(Cl)cc1C#N)CC[C@H](C)N2C(=O)OC. The van der Waals surface area contributed by atoms with E-state index in [0.29, 0.717) is 39.7 Å². The summed E-state index contributed by atoms with van der Waals surface area (Å²) in [5.74, 6) is 0.808. The molecule has 0 saturated heterocycles. The molecule has 7 heteroatoms. The molecule has 2 aromatic carbocycles. The summed E-state index contributed by atoms with van der Waals surface area (Å²) >= 11 is 5.94. The van der Waals surface area contributed by atoms with Gasteiger partial charge in [-0.15, -0.1) is 0 Å². The Morgan fingerprint density at radius 2 is 2.15 bits per heavy atom. The fraction of sp³-hybridized carbons (Fsp3) is 0.263. The minimum absolute atomic E-state index is 0.00312. The first-order chi connectivity index (χ1) is 12.5. The highest BCUT2D eigenvalue weighted by Gasteiger charge is 2.31. The van der Waals surface area contributed by atoms with Crippen molar-refractivity contribution >= 4 is 36.7 Å². The lowest BCUT2D eigenvalue weighted by molar-refractivity contribution is 0.175. The fourth-order valence-corrected chi connectivity index (χ4v) is 3.28. The van der Waals surface area contributed by atoms with Crippen molar-refractivity contribution in [3.63, 3.8) is 0 Å². The van der Waals surface area contributed by atoms with Gasteiger partial charge >= 0.3 is 6.09 Å². The Kier molecular flexibility index (Phi) is 5.10. The van der Waals surface area contributed by atoms with Gasteiger partial charge in [-0.1, -0.05) is 23.1 Å². The van der Waals surface area contributed by atoms with Crippen molar-refractivity contribution in [2.24, 2.45) is 0 Å². The maximum absolute atomic E-state index is 12.2. The Hall–Kier alpha value is -2.65. The number of anilines is 1. The zero-order valence-electron chi connectivity index (χ0n) is 14.5. The smallest absolute Gasteiger partial charge is 0.414 e. The predicted molar refractivity (Wildman–Crippen MR) is 101 cm³/mol. The molecule has 0 aromatic heterocycles. The fourth-order valence-electron chi connectivity index (χ4n) is 3.11. The van der Waals surface area contributed by atoms with Crippen LogP contribution in [0.25, 0.3) is 0 Å². The maximum atomic E-state index is 12.2. The molecule has 0 aliphatic carbocycles. The molecule has 2 radical (unpaired) electrons. The molecule has 0 unspecified atom stereocenters. The molecule has 0 bridgehead atoms. The Morgan fingerprint density at radius 3 is 2.85 bits per heavy atom. The van der Waals surface area contributed by atoms with Gasteiger partial charge in [0.1, 0.15) is 25.4 Å². The summed E-state index contributed by atoms with van der Waals surface area (Å²) in [5.41, 5.74) is 2.25. The van der Waals surface area contributed by atoms with Gasteiger partial charge in [-0.05, 0) is 44.0 Å². The number of carbonyl (C=O) groups excluding carboxylic acids is 1. The molecule has 0 N–H and O–H groups in total. The van der Waals surface area contributed by atoms with E-state index < -0.39 is 6.09 Å². The lowest BCUT2D eigenvalue weighted by atomic mass is 9.87. The van der Waals surface area contributed by atoms with Crippen LogP contribution in [0.3, 0.4) is 0 Å². The van der Waals surface area contributed by atoms with E-state index in [2.05, 4.69) is 6.07 Å². The zero-order valence-corrected chi connectivity index (χ0v) is 15.2. The van der Waals surface area contributed by atoms with Crippen LogP contribution in [-0.4, -0.2) is 27.1 Å². The third kappa shape index (κ3) is 3.23. The van der Waals surface area contributed by atoms with Gasteiger partial charge in [0.15, 0.2) is 0 Å². The van der Waals surface area contributed by atoms with E-state index in [4.69, 9.17) is 28.9 Å². The number of methoxy groups -OCH3 is 1. The van der Waals surface area contributed by atoms with Gasteiger partial charge in [-0.25, -0.2) is 4.79 Å². The molecule has 1 aliphatic rings. The van der Waals surface area contributed by atoms with Gasteiger partial charge in [0.2, 0.25) is 0 Å². The molecule has 1 heterocycles.